The van der Waals surface area contributed by atoms with Gasteiger partial charge in [-0.1, -0.05) is 43.5 Å². The minimum absolute atomic E-state index is 0.0429. The second-order valence-electron chi connectivity index (χ2n) is 25.6. The fourth-order valence-corrected chi connectivity index (χ4v) is 13.9. The molecule has 0 unspecified atom stereocenters. The third kappa shape index (κ3) is 14.4. The lowest BCUT2D eigenvalue weighted by molar-refractivity contribution is -0.152. The van der Waals surface area contributed by atoms with Gasteiger partial charge < -0.3 is 55.8 Å². The number of primary amides is 1. The summed E-state index contributed by atoms with van der Waals surface area (Å²) >= 11 is 0. The zero-order chi connectivity index (χ0) is 64.8. The maximum absolute atomic E-state index is 16.0. The number of halogens is 1. The van der Waals surface area contributed by atoms with Gasteiger partial charge in [0, 0.05) is 133 Å². The standard InChI is InChI=1S/C66H83FN16O9/c1-76-28-29-82(65(76)91)47-12-11-25-80(37-47)53-35-71-62(63(68)90)64(74-53)73-46-18-16-42(17-19-46)43-22-26-79(27-23-43)56(86)15-8-6-5-7-9-24-69-54(84)20-21-57(87)81-40-66(41-81)32-45(33-66)61-60-48(49-31-52-44(30-50(49)67)34-72-78(52)3)13-10-14-51(60)83(75-61)39-58(88)77(2)38-55(85)70-36-59(89)92-4/h10,13-14,16-19,30-31,34-35,43,45,47H,5-9,11-12,15,20-29,32-33,36-41H2,1-4H3,(H2,68,90)(H,69,84)(H,70,85)(H,73,74)/t47-/m1/s1. The number of aryl methyl sites for hydroxylation is 1. The number of rotatable bonds is 25. The third-order valence-electron chi connectivity index (χ3n) is 19.2. The molecule has 25 nitrogen and oxygen atoms in total. The number of esters is 1. The molecule has 8 amide bonds. The smallest absolute Gasteiger partial charge is 0.325 e. The molecule has 1 saturated carbocycles. The van der Waals surface area contributed by atoms with Crippen LogP contribution in [0.4, 0.5) is 26.5 Å². The first-order valence-electron chi connectivity index (χ1n) is 32.2. The highest BCUT2D eigenvalue weighted by atomic mass is 19.1. The Bertz CT molecular complexity index is 3760. The van der Waals surface area contributed by atoms with E-state index in [0.717, 1.165) is 99.5 Å². The molecule has 4 aliphatic heterocycles. The van der Waals surface area contributed by atoms with Crippen molar-refractivity contribution in [3.63, 3.8) is 0 Å². The number of likely N-dealkylation sites (tertiary alicyclic amines) is 2. The Labute approximate surface area is 533 Å². The lowest BCUT2D eigenvalue weighted by Gasteiger charge is -2.59. The number of piperidine rings is 2. The average Bonchev–Trinajstić information content (AvgIpc) is 1.26. The van der Waals surface area contributed by atoms with Crippen LogP contribution in [0.3, 0.4) is 0 Å². The Balaban J connectivity index is 0.572. The Kier molecular flexibility index (Phi) is 19.6. The van der Waals surface area contributed by atoms with E-state index in [1.165, 1.54) is 30.7 Å². The maximum Gasteiger partial charge on any atom is 0.325 e. The van der Waals surface area contributed by atoms with Crippen LogP contribution < -0.4 is 26.6 Å². The Morgan fingerprint density at radius 2 is 1.54 bits per heavy atom. The first-order valence-corrected chi connectivity index (χ1v) is 32.2. The van der Waals surface area contributed by atoms with Gasteiger partial charge in [-0.3, -0.25) is 42.9 Å². The van der Waals surface area contributed by atoms with Gasteiger partial charge in [0.05, 0.1) is 48.8 Å². The van der Waals surface area contributed by atoms with Crippen LogP contribution in [0.1, 0.15) is 123 Å². The Morgan fingerprint density at radius 1 is 0.793 bits per heavy atom. The summed E-state index contributed by atoms with van der Waals surface area (Å²) in [4.78, 5) is 122. The predicted octanol–water partition coefficient (Wildman–Crippen LogP) is 5.79. The van der Waals surface area contributed by atoms with E-state index < -0.39 is 29.5 Å². The molecule has 0 radical (unpaired) electrons. The molecular weight excluding hydrogens is 1180 g/mol. The molecule has 0 bridgehead atoms. The van der Waals surface area contributed by atoms with Gasteiger partial charge in [0.2, 0.25) is 29.5 Å². The number of benzene rings is 3. The quantitative estimate of drug-likeness (QED) is 0.0390. The molecule has 6 aromatic rings. The second kappa shape index (κ2) is 28.1. The average molecular weight is 1260 g/mol. The Hall–Kier alpha value is -9.23. The van der Waals surface area contributed by atoms with Crippen LogP contribution in [0, 0.1) is 11.2 Å². The molecule has 5 fully saturated rings. The number of ether oxygens (including phenoxy) is 1. The van der Waals surface area contributed by atoms with Gasteiger partial charge in [-0.15, -0.1) is 0 Å². The number of nitrogens with two attached hydrogens (primary N) is 1. The largest absolute Gasteiger partial charge is 0.468 e. The molecule has 5 N–H and O–H groups in total. The lowest BCUT2D eigenvalue weighted by atomic mass is 9.56. The highest BCUT2D eigenvalue weighted by molar-refractivity contribution is 6.00. The van der Waals surface area contributed by atoms with Crippen molar-refractivity contribution >= 4 is 86.6 Å². The molecule has 5 aliphatic rings. The first kappa shape index (κ1) is 64.3. The van der Waals surface area contributed by atoms with E-state index in [2.05, 4.69) is 47.8 Å². The highest BCUT2D eigenvalue weighted by Gasteiger charge is 2.55. The number of methoxy groups -OCH3 is 1. The lowest BCUT2D eigenvalue weighted by Crippen LogP contribution is -2.63. The predicted molar refractivity (Wildman–Crippen MR) is 342 cm³/mol. The van der Waals surface area contributed by atoms with Gasteiger partial charge in [-0.2, -0.15) is 10.2 Å². The number of nitrogens with one attached hydrogen (secondary N) is 3. The highest BCUT2D eigenvalue weighted by Crippen LogP contribution is 2.57. The zero-order valence-corrected chi connectivity index (χ0v) is 53.0. The number of hydrogen-bond donors (Lipinski definition) is 4. The van der Waals surface area contributed by atoms with Crippen molar-refractivity contribution in [2.75, 3.05) is 103 Å². The van der Waals surface area contributed by atoms with Crippen molar-refractivity contribution < 1.29 is 47.5 Å². The molecule has 3 aromatic heterocycles. The topological polar surface area (TPSA) is 289 Å². The van der Waals surface area contributed by atoms with Crippen molar-refractivity contribution in [1.82, 2.24) is 64.7 Å². The maximum atomic E-state index is 16.0. The van der Waals surface area contributed by atoms with Crippen LogP contribution in [-0.2, 0) is 47.1 Å². The van der Waals surface area contributed by atoms with E-state index in [1.54, 1.807) is 50.7 Å². The molecule has 3 aromatic carbocycles. The zero-order valence-electron chi connectivity index (χ0n) is 53.0. The monoisotopic (exact) mass is 1260 g/mol. The van der Waals surface area contributed by atoms with Crippen LogP contribution in [0.25, 0.3) is 32.9 Å². The van der Waals surface area contributed by atoms with Crippen LogP contribution in [-0.4, -0.2) is 201 Å². The number of nitrogens with zero attached hydrogens (tertiary/aromatic N) is 12. The van der Waals surface area contributed by atoms with Gasteiger partial charge in [0.25, 0.3) is 5.91 Å². The van der Waals surface area contributed by atoms with E-state index in [0.29, 0.717) is 92.5 Å². The summed E-state index contributed by atoms with van der Waals surface area (Å²) in [6, 6.07) is 16.9. The molecular formula is C66H83FN16O9. The number of anilines is 3. The van der Waals surface area contributed by atoms with Gasteiger partial charge >= 0.3 is 12.0 Å². The summed E-state index contributed by atoms with van der Waals surface area (Å²) in [5.41, 5.74) is 10.7. The van der Waals surface area contributed by atoms with Crippen molar-refractivity contribution in [2.45, 2.75) is 114 Å². The number of carbonyl (C=O) groups excluding carboxylic acids is 8. The normalized spacial score (nSPS) is 17.5. The Morgan fingerprint density at radius 3 is 2.28 bits per heavy atom. The number of fused-ring (bicyclic) bond motifs is 2. The molecule has 7 heterocycles. The van der Waals surface area contributed by atoms with Gasteiger partial charge in [-0.25, -0.2) is 19.2 Å². The molecule has 26 heteroatoms. The number of hydrogen-bond acceptors (Lipinski definition) is 15. The summed E-state index contributed by atoms with van der Waals surface area (Å²) in [6.07, 6.45) is 13.3. The number of aromatic nitrogens is 6. The van der Waals surface area contributed by atoms with E-state index in [-0.39, 0.29) is 85.1 Å². The minimum Gasteiger partial charge on any atom is -0.468 e. The molecule has 4 saturated heterocycles. The number of unbranched alkanes of at least 4 members (excludes halogenated alkanes) is 4. The number of carbonyl (C=O) groups is 8. The molecule has 1 atom stereocenters. The molecule has 1 spiro atoms. The molecule has 1 aliphatic carbocycles. The van der Waals surface area contributed by atoms with Crippen LogP contribution in [0.5, 0.6) is 0 Å². The summed E-state index contributed by atoms with van der Waals surface area (Å²) in [5.74, 6) is -1.55. The number of amides is 8. The van der Waals surface area contributed by atoms with E-state index in [9.17, 15) is 38.4 Å². The van der Waals surface area contributed by atoms with Crippen LogP contribution in [0.15, 0.2) is 67.0 Å². The van der Waals surface area contributed by atoms with E-state index in [4.69, 9.17) is 15.8 Å². The van der Waals surface area contributed by atoms with Gasteiger partial charge in [0.15, 0.2) is 11.5 Å². The summed E-state index contributed by atoms with van der Waals surface area (Å²) < 4.78 is 23.9. The fourth-order valence-electron chi connectivity index (χ4n) is 13.9. The minimum atomic E-state index is -0.684. The van der Waals surface area contributed by atoms with Gasteiger partial charge in [-0.05, 0) is 98.7 Å². The molecule has 92 heavy (non-hydrogen) atoms. The SMILES string of the molecule is COC(=O)CNC(=O)CN(C)C(=O)Cn1nc(C2CC3(C2)CN(C(=O)CCC(=O)NCCCCCCCC(=O)N2CCC(c4ccc(Nc5nc(N6CCC[C@@H](N7CCN(C)C7=O)C6)cnc5C(N)=O)cc4)CC2)C3)c2c(-c3cc4c(cnn4C)cc3F)cccc21. The van der Waals surface area contributed by atoms with Gasteiger partial charge in [0.1, 0.15) is 24.7 Å². The fraction of sp³-hybridized carbons (Fsp3) is 0.515. The summed E-state index contributed by atoms with van der Waals surface area (Å²) in [6.45, 7) is 5.02. The first-order chi connectivity index (χ1) is 44.3. The third-order valence-corrected chi connectivity index (χ3v) is 19.2. The number of urea groups is 1. The molecule has 488 valence electrons. The second-order valence-corrected chi connectivity index (χ2v) is 25.6. The number of likely N-dealkylation sites (N-methyl/N-ethyl adjacent to an activating group) is 2. The summed E-state index contributed by atoms with van der Waals surface area (Å²) in [5, 5.41) is 19.4. The van der Waals surface area contributed by atoms with E-state index >= 15 is 4.39 Å². The van der Waals surface area contributed by atoms with Crippen molar-refractivity contribution in [3.05, 3.63) is 89.8 Å². The van der Waals surface area contributed by atoms with E-state index in [1.807, 2.05) is 41.1 Å². The van der Waals surface area contributed by atoms with Crippen LogP contribution >= 0.6 is 0 Å². The van der Waals surface area contributed by atoms with Crippen molar-refractivity contribution in [3.8, 4) is 11.1 Å². The summed E-state index contributed by atoms with van der Waals surface area (Å²) in [7, 11) is 6.32. The van der Waals surface area contributed by atoms with Crippen molar-refractivity contribution in [2.24, 2.45) is 18.2 Å². The van der Waals surface area contributed by atoms with Crippen LogP contribution in [0.2, 0.25) is 0 Å². The molecule has 11 rings (SSSR count). The van der Waals surface area contributed by atoms with Crippen molar-refractivity contribution in [1.29, 1.82) is 0 Å².